The fourth-order valence-corrected chi connectivity index (χ4v) is 5.52. The maximum absolute atomic E-state index is 6.38. The highest BCUT2D eigenvalue weighted by Crippen LogP contribution is 2.45. The summed E-state index contributed by atoms with van der Waals surface area (Å²) in [7, 11) is 0. The van der Waals surface area contributed by atoms with Crippen molar-refractivity contribution in [2.75, 3.05) is 32.0 Å². The van der Waals surface area contributed by atoms with Crippen LogP contribution >= 0.6 is 0 Å². The number of hydrogen-bond donors (Lipinski definition) is 2. The average Bonchev–Trinajstić information content (AvgIpc) is 3.33. The Morgan fingerprint density at radius 2 is 1.85 bits per heavy atom. The van der Waals surface area contributed by atoms with Gasteiger partial charge in [0.25, 0.3) is 0 Å². The summed E-state index contributed by atoms with van der Waals surface area (Å²) in [4.78, 5) is 17.2. The summed E-state index contributed by atoms with van der Waals surface area (Å²) >= 11 is 0. The fraction of sp³-hybridized carbons (Fsp3) is 0.577. The zero-order valence-corrected chi connectivity index (χ0v) is 20.3. The number of anilines is 1. The van der Waals surface area contributed by atoms with Crippen LogP contribution < -0.4 is 16.2 Å². The Balaban J connectivity index is 1.46. The van der Waals surface area contributed by atoms with Crippen LogP contribution in [-0.4, -0.2) is 59.0 Å². The topological polar surface area (TPSA) is 112 Å². The zero-order valence-electron chi connectivity index (χ0n) is 20.3. The molecule has 8 heteroatoms. The largest absolute Gasteiger partial charge is 0.490 e. The van der Waals surface area contributed by atoms with E-state index in [4.69, 9.17) is 21.0 Å². The van der Waals surface area contributed by atoms with Gasteiger partial charge in [-0.2, -0.15) is 0 Å². The van der Waals surface area contributed by atoms with Crippen LogP contribution in [0.25, 0.3) is 11.3 Å². The van der Waals surface area contributed by atoms with E-state index in [2.05, 4.69) is 46.0 Å². The molecule has 2 heterocycles. The molecule has 1 saturated carbocycles. The number of rotatable bonds is 6. The second-order valence-electron chi connectivity index (χ2n) is 10.3. The molecule has 2 fully saturated rings. The monoisotopic (exact) mass is 464 g/mol. The van der Waals surface area contributed by atoms with Crippen molar-refractivity contribution in [2.45, 2.75) is 69.9 Å². The first-order valence-corrected chi connectivity index (χ1v) is 12.5. The molecular formula is C26H36N6O2. The van der Waals surface area contributed by atoms with Gasteiger partial charge in [0.05, 0.1) is 17.5 Å². The average molecular weight is 465 g/mol. The van der Waals surface area contributed by atoms with Crippen molar-refractivity contribution < 1.29 is 9.57 Å². The van der Waals surface area contributed by atoms with Gasteiger partial charge < -0.3 is 21.0 Å². The smallest absolute Gasteiger partial charge is 0.131 e. The van der Waals surface area contributed by atoms with E-state index in [0.717, 1.165) is 79.2 Å². The zero-order chi connectivity index (χ0) is 23.7. The number of nitrogens with zero attached hydrogens (tertiary/aromatic N) is 4. The normalized spacial score (nSPS) is 25.1. The Morgan fingerprint density at radius 1 is 1.09 bits per heavy atom. The van der Waals surface area contributed by atoms with Crippen molar-refractivity contribution in [1.82, 2.24) is 14.9 Å². The number of likely N-dealkylation sites (tertiary alicyclic amines) is 1. The molecule has 1 aromatic carbocycles. The maximum Gasteiger partial charge on any atom is 0.131 e. The van der Waals surface area contributed by atoms with E-state index in [0.29, 0.717) is 18.5 Å². The summed E-state index contributed by atoms with van der Waals surface area (Å²) in [6.07, 6.45) is 8.22. The minimum absolute atomic E-state index is 0.191. The van der Waals surface area contributed by atoms with Crippen molar-refractivity contribution in [3.63, 3.8) is 0 Å². The van der Waals surface area contributed by atoms with Crippen LogP contribution in [0.4, 0.5) is 5.82 Å². The lowest BCUT2D eigenvalue weighted by Gasteiger charge is -2.35. The minimum atomic E-state index is -0.516. The first kappa shape index (κ1) is 23.1. The predicted molar refractivity (Wildman–Crippen MR) is 134 cm³/mol. The van der Waals surface area contributed by atoms with Crippen LogP contribution in [0.1, 0.15) is 63.5 Å². The number of ether oxygens (including phenoxy) is 1. The van der Waals surface area contributed by atoms with Crippen LogP contribution in [0.2, 0.25) is 0 Å². The van der Waals surface area contributed by atoms with Crippen LogP contribution in [0.3, 0.4) is 0 Å². The molecule has 34 heavy (non-hydrogen) atoms. The summed E-state index contributed by atoms with van der Waals surface area (Å²) in [5.74, 6) is 1.31. The van der Waals surface area contributed by atoms with Gasteiger partial charge in [0.2, 0.25) is 0 Å². The molecule has 8 nitrogen and oxygen atoms in total. The molecule has 0 spiro atoms. The van der Waals surface area contributed by atoms with Crippen LogP contribution in [0.15, 0.2) is 29.7 Å². The van der Waals surface area contributed by atoms with E-state index in [1.807, 2.05) is 6.07 Å². The predicted octanol–water partition coefficient (Wildman–Crippen LogP) is 3.48. The van der Waals surface area contributed by atoms with Gasteiger partial charge in [0, 0.05) is 34.7 Å². The van der Waals surface area contributed by atoms with E-state index in [-0.39, 0.29) is 6.10 Å². The molecule has 0 unspecified atom stereocenters. The Bertz CT molecular complexity index is 1060. The molecular weight excluding hydrogens is 428 g/mol. The third kappa shape index (κ3) is 4.49. The van der Waals surface area contributed by atoms with E-state index < -0.39 is 5.41 Å². The van der Waals surface area contributed by atoms with Crippen molar-refractivity contribution >= 4 is 11.5 Å². The highest BCUT2D eigenvalue weighted by Gasteiger charge is 2.41. The number of oxime groups is 1. The quantitative estimate of drug-likeness (QED) is 0.497. The van der Waals surface area contributed by atoms with Gasteiger partial charge in [-0.25, -0.2) is 9.97 Å². The Kier molecular flexibility index (Phi) is 6.44. The third-order valence-electron chi connectivity index (χ3n) is 7.47. The molecule has 1 aliphatic heterocycles. The molecule has 2 aromatic rings. The van der Waals surface area contributed by atoms with Gasteiger partial charge in [-0.3, -0.25) is 4.90 Å². The standard InChI is InChI=1S/C26H36N6O2/c1-26(2)22-23(29-16-30-25(22)28)20-10-9-19(34-18-7-5-17(27)6-8-18)15-21(20)24(26)31-33-14-13-32-11-3-4-12-32/h9-10,15-18H,3-8,11-14,27H2,1-2H3,(H2,28,29,30)/b31-24+/t17-,18-. The van der Waals surface area contributed by atoms with E-state index in [1.54, 1.807) is 0 Å². The van der Waals surface area contributed by atoms with Gasteiger partial charge in [0.15, 0.2) is 0 Å². The molecule has 0 amide bonds. The second kappa shape index (κ2) is 9.50. The van der Waals surface area contributed by atoms with Crippen molar-refractivity contribution in [3.8, 4) is 17.0 Å². The highest BCUT2D eigenvalue weighted by molar-refractivity contribution is 6.15. The third-order valence-corrected chi connectivity index (χ3v) is 7.47. The van der Waals surface area contributed by atoms with Crippen molar-refractivity contribution in [1.29, 1.82) is 0 Å². The van der Waals surface area contributed by atoms with Crippen LogP contribution in [0.5, 0.6) is 5.75 Å². The minimum Gasteiger partial charge on any atom is -0.490 e. The van der Waals surface area contributed by atoms with Crippen LogP contribution in [-0.2, 0) is 10.3 Å². The molecule has 3 aliphatic rings. The number of benzene rings is 1. The molecule has 0 bridgehead atoms. The Morgan fingerprint density at radius 3 is 2.62 bits per heavy atom. The summed E-state index contributed by atoms with van der Waals surface area (Å²) in [5.41, 5.74) is 16.4. The molecule has 0 atom stereocenters. The maximum atomic E-state index is 6.38. The number of nitrogens with two attached hydrogens (primary N) is 2. The van der Waals surface area contributed by atoms with Gasteiger partial charge in [-0.1, -0.05) is 5.16 Å². The van der Waals surface area contributed by atoms with Crippen LogP contribution in [0, 0.1) is 0 Å². The first-order valence-electron chi connectivity index (χ1n) is 12.5. The molecule has 0 radical (unpaired) electrons. The number of fused-ring (bicyclic) bond motifs is 3. The molecule has 1 aromatic heterocycles. The van der Waals surface area contributed by atoms with Crippen molar-refractivity contribution in [2.24, 2.45) is 10.9 Å². The lowest BCUT2D eigenvalue weighted by Crippen LogP contribution is -2.36. The second-order valence-corrected chi connectivity index (χ2v) is 10.3. The van der Waals surface area contributed by atoms with Gasteiger partial charge in [-0.15, -0.1) is 0 Å². The SMILES string of the molecule is CC1(C)/C(=N/OCCN2CCCC2)c2cc(O[C@H]3CC[C@H](N)CC3)ccc2-c2ncnc(N)c21. The summed E-state index contributed by atoms with van der Waals surface area (Å²) in [6, 6.07) is 6.44. The molecule has 2 aliphatic carbocycles. The van der Waals surface area contributed by atoms with Gasteiger partial charge in [-0.05, 0) is 83.7 Å². The van der Waals surface area contributed by atoms with Gasteiger partial charge >= 0.3 is 0 Å². The Labute approximate surface area is 201 Å². The van der Waals surface area contributed by atoms with Crippen molar-refractivity contribution in [3.05, 3.63) is 35.7 Å². The number of hydrogen-bond acceptors (Lipinski definition) is 8. The number of aromatic nitrogens is 2. The van der Waals surface area contributed by atoms with Gasteiger partial charge in [0.1, 0.15) is 24.5 Å². The fourth-order valence-electron chi connectivity index (χ4n) is 5.52. The van der Waals surface area contributed by atoms with E-state index >= 15 is 0 Å². The molecule has 4 N–H and O–H groups in total. The Hall–Kier alpha value is -2.71. The lowest BCUT2D eigenvalue weighted by molar-refractivity contribution is 0.117. The van der Waals surface area contributed by atoms with E-state index in [1.165, 1.54) is 19.2 Å². The van der Waals surface area contributed by atoms with E-state index in [9.17, 15) is 0 Å². The first-order chi connectivity index (χ1) is 16.4. The molecule has 182 valence electrons. The summed E-state index contributed by atoms with van der Waals surface area (Å²) in [5, 5.41) is 4.68. The summed E-state index contributed by atoms with van der Waals surface area (Å²) < 4.78 is 6.38. The number of nitrogen functional groups attached to an aromatic ring is 1. The molecule has 1 saturated heterocycles. The molecule has 5 rings (SSSR count). The summed E-state index contributed by atoms with van der Waals surface area (Å²) in [6.45, 7) is 7.94. The highest BCUT2D eigenvalue weighted by atomic mass is 16.6. The lowest BCUT2D eigenvalue weighted by atomic mass is 9.70.